The van der Waals surface area contributed by atoms with Gasteiger partial charge < -0.3 is 10.0 Å². The van der Waals surface area contributed by atoms with Crippen LogP contribution < -0.4 is 0 Å². The Morgan fingerprint density at radius 3 is 2.45 bits per heavy atom. The molecule has 0 fully saturated rings. The van der Waals surface area contributed by atoms with Gasteiger partial charge in [-0.15, -0.1) is 0 Å². The summed E-state index contributed by atoms with van der Waals surface area (Å²) in [5, 5.41) is 9.46. The van der Waals surface area contributed by atoms with Crippen molar-refractivity contribution in [1.29, 1.82) is 0 Å². The van der Waals surface area contributed by atoms with Gasteiger partial charge in [-0.3, -0.25) is 9.59 Å². The lowest BCUT2D eigenvalue weighted by atomic mass is 9.87. The highest BCUT2D eigenvalue weighted by atomic mass is 35.5. The molecule has 0 spiro atoms. The summed E-state index contributed by atoms with van der Waals surface area (Å²) in [7, 11) is 0. The van der Waals surface area contributed by atoms with Crippen LogP contribution in [0.25, 0.3) is 0 Å². The van der Waals surface area contributed by atoms with E-state index in [0.29, 0.717) is 11.6 Å². The number of rotatable bonds is 6. The molecule has 20 heavy (non-hydrogen) atoms. The summed E-state index contributed by atoms with van der Waals surface area (Å²) in [5.74, 6) is -1.50. The van der Waals surface area contributed by atoms with Gasteiger partial charge in [0.1, 0.15) is 6.54 Å². The van der Waals surface area contributed by atoms with E-state index >= 15 is 0 Å². The number of likely N-dealkylation sites (N-methyl/N-ethyl adjacent to an activating group) is 1. The number of nitrogens with zero attached hydrogens (tertiary/aromatic N) is 1. The number of hydrogen-bond donors (Lipinski definition) is 1. The summed E-state index contributed by atoms with van der Waals surface area (Å²) in [4.78, 5) is 24.8. The molecule has 1 rings (SSSR count). The van der Waals surface area contributed by atoms with Crippen molar-refractivity contribution in [1.82, 2.24) is 4.90 Å². The molecule has 1 aromatic rings. The van der Waals surface area contributed by atoms with Crippen LogP contribution in [0.1, 0.15) is 32.3 Å². The standard InChI is InChI=1S/C15H20ClNO3/c1-4-17(9-13(18)19)15(20)14(10(2)3)11-6-5-7-12(16)8-11/h5-8,10,14H,4,9H2,1-3H3,(H,18,19). The maximum atomic E-state index is 12.6. The fourth-order valence-electron chi connectivity index (χ4n) is 2.22. The second kappa shape index (κ2) is 7.29. The fraction of sp³-hybridized carbons (Fsp3) is 0.467. The third-order valence-corrected chi connectivity index (χ3v) is 3.40. The number of carboxylic acids is 1. The van der Waals surface area contributed by atoms with Crippen molar-refractivity contribution in [3.8, 4) is 0 Å². The van der Waals surface area contributed by atoms with Crippen molar-refractivity contribution in [2.45, 2.75) is 26.7 Å². The van der Waals surface area contributed by atoms with E-state index in [1.165, 1.54) is 4.90 Å². The second-order valence-corrected chi connectivity index (χ2v) is 5.46. The summed E-state index contributed by atoms with van der Waals surface area (Å²) in [6.45, 7) is 5.75. The van der Waals surface area contributed by atoms with E-state index in [1.54, 1.807) is 25.1 Å². The first kappa shape index (κ1) is 16.5. The molecular formula is C15H20ClNO3. The van der Waals surface area contributed by atoms with Crippen LogP contribution in [0.4, 0.5) is 0 Å². The zero-order valence-electron chi connectivity index (χ0n) is 12.0. The Kier molecular flexibility index (Phi) is 6.02. The smallest absolute Gasteiger partial charge is 0.323 e. The van der Waals surface area contributed by atoms with Gasteiger partial charge in [-0.2, -0.15) is 0 Å². The average Bonchev–Trinajstić information content (AvgIpc) is 2.35. The SMILES string of the molecule is CCN(CC(=O)O)C(=O)C(c1cccc(Cl)c1)C(C)C. The number of benzene rings is 1. The van der Waals surface area contributed by atoms with Crippen LogP contribution in [0.5, 0.6) is 0 Å². The Bertz CT molecular complexity index is 488. The van der Waals surface area contributed by atoms with E-state index in [9.17, 15) is 9.59 Å². The lowest BCUT2D eigenvalue weighted by Gasteiger charge is -2.27. The molecule has 0 aliphatic rings. The number of carbonyl (C=O) groups is 2. The number of carbonyl (C=O) groups excluding carboxylic acids is 1. The number of amides is 1. The molecule has 0 radical (unpaired) electrons. The lowest BCUT2D eigenvalue weighted by Crippen LogP contribution is -2.40. The lowest BCUT2D eigenvalue weighted by molar-refractivity contribution is -0.145. The Hall–Kier alpha value is -1.55. The highest BCUT2D eigenvalue weighted by molar-refractivity contribution is 6.30. The van der Waals surface area contributed by atoms with E-state index in [1.807, 2.05) is 19.9 Å². The Labute approximate surface area is 124 Å². The zero-order chi connectivity index (χ0) is 15.3. The van der Waals surface area contributed by atoms with E-state index in [4.69, 9.17) is 16.7 Å². The van der Waals surface area contributed by atoms with Crippen molar-refractivity contribution in [3.05, 3.63) is 34.9 Å². The van der Waals surface area contributed by atoms with Gasteiger partial charge in [-0.25, -0.2) is 0 Å². The first-order valence-corrected chi connectivity index (χ1v) is 7.00. The molecule has 0 bridgehead atoms. The number of aliphatic carboxylic acids is 1. The summed E-state index contributed by atoms with van der Waals surface area (Å²) in [6, 6.07) is 7.16. The van der Waals surface area contributed by atoms with Crippen LogP contribution >= 0.6 is 11.6 Å². The minimum atomic E-state index is -1.01. The minimum absolute atomic E-state index is 0.0591. The molecule has 1 unspecified atom stereocenters. The zero-order valence-corrected chi connectivity index (χ0v) is 12.7. The summed E-state index contributed by atoms with van der Waals surface area (Å²) < 4.78 is 0. The molecular weight excluding hydrogens is 278 g/mol. The predicted molar refractivity (Wildman–Crippen MR) is 78.9 cm³/mol. The van der Waals surface area contributed by atoms with Crippen LogP contribution in [-0.4, -0.2) is 35.0 Å². The Balaban J connectivity index is 3.07. The van der Waals surface area contributed by atoms with E-state index in [0.717, 1.165) is 5.56 Å². The molecule has 4 nitrogen and oxygen atoms in total. The van der Waals surface area contributed by atoms with Gasteiger partial charge in [0.05, 0.1) is 5.92 Å². The largest absolute Gasteiger partial charge is 0.480 e. The van der Waals surface area contributed by atoms with Gasteiger partial charge in [0.2, 0.25) is 5.91 Å². The predicted octanol–water partition coefficient (Wildman–Crippen LogP) is 3.01. The maximum Gasteiger partial charge on any atom is 0.323 e. The van der Waals surface area contributed by atoms with E-state index in [-0.39, 0.29) is 24.3 Å². The number of halogens is 1. The molecule has 110 valence electrons. The van der Waals surface area contributed by atoms with Crippen LogP contribution in [0.3, 0.4) is 0 Å². The Morgan fingerprint density at radius 2 is 2.00 bits per heavy atom. The van der Waals surface area contributed by atoms with Gasteiger partial charge in [-0.05, 0) is 30.5 Å². The number of carboxylic acid groups (broad SMARTS) is 1. The monoisotopic (exact) mass is 297 g/mol. The summed E-state index contributed by atoms with van der Waals surface area (Å²) >= 11 is 5.98. The van der Waals surface area contributed by atoms with Crippen LogP contribution in [0.15, 0.2) is 24.3 Å². The molecule has 1 atom stereocenters. The molecule has 1 aromatic carbocycles. The van der Waals surface area contributed by atoms with Crippen LogP contribution in [-0.2, 0) is 9.59 Å². The van der Waals surface area contributed by atoms with Gasteiger partial charge in [-0.1, -0.05) is 37.6 Å². The molecule has 1 amide bonds. The summed E-state index contributed by atoms with van der Waals surface area (Å²) in [6.07, 6.45) is 0. The average molecular weight is 298 g/mol. The van der Waals surface area contributed by atoms with E-state index in [2.05, 4.69) is 0 Å². The molecule has 0 saturated carbocycles. The highest BCUT2D eigenvalue weighted by Gasteiger charge is 2.29. The van der Waals surface area contributed by atoms with Gasteiger partial charge in [0.25, 0.3) is 0 Å². The molecule has 0 aromatic heterocycles. The number of hydrogen-bond acceptors (Lipinski definition) is 2. The molecule has 0 heterocycles. The van der Waals surface area contributed by atoms with Crippen molar-refractivity contribution < 1.29 is 14.7 Å². The highest BCUT2D eigenvalue weighted by Crippen LogP contribution is 2.28. The third kappa shape index (κ3) is 4.23. The third-order valence-electron chi connectivity index (χ3n) is 3.16. The quantitative estimate of drug-likeness (QED) is 0.878. The molecule has 1 N–H and O–H groups in total. The van der Waals surface area contributed by atoms with Crippen molar-refractivity contribution >= 4 is 23.5 Å². The van der Waals surface area contributed by atoms with E-state index < -0.39 is 5.97 Å². The first-order chi connectivity index (χ1) is 9.36. The molecule has 0 aliphatic carbocycles. The van der Waals surface area contributed by atoms with Gasteiger partial charge >= 0.3 is 5.97 Å². The molecule has 0 aliphatic heterocycles. The van der Waals surface area contributed by atoms with Crippen LogP contribution in [0.2, 0.25) is 5.02 Å². The first-order valence-electron chi connectivity index (χ1n) is 6.62. The minimum Gasteiger partial charge on any atom is -0.480 e. The second-order valence-electron chi connectivity index (χ2n) is 5.02. The topological polar surface area (TPSA) is 57.6 Å². The van der Waals surface area contributed by atoms with Crippen molar-refractivity contribution in [3.63, 3.8) is 0 Å². The summed E-state index contributed by atoms with van der Waals surface area (Å²) in [5.41, 5.74) is 0.821. The maximum absolute atomic E-state index is 12.6. The van der Waals surface area contributed by atoms with Gasteiger partial charge in [0.15, 0.2) is 0 Å². The fourth-order valence-corrected chi connectivity index (χ4v) is 2.42. The molecule has 0 saturated heterocycles. The van der Waals surface area contributed by atoms with Crippen LogP contribution in [0, 0.1) is 5.92 Å². The Morgan fingerprint density at radius 1 is 1.35 bits per heavy atom. The van der Waals surface area contributed by atoms with Gasteiger partial charge in [0, 0.05) is 11.6 Å². The molecule has 5 heteroatoms. The van der Waals surface area contributed by atoms with Crippen molar-refractivity contribution in [2.24, 2.45) is 5.92 Å². The van der Waals surface area contributed by atoms with Crippen molar-refractivity contribution in [2.75, 3.05) is 13.1 Å². The normalized spacial score (nSPS) is 12.2.